The summed E-state index contributed by atoms with van der Waals surface area (Å²) in [5.41, 5.74) is 0.893. The fourth-order valence-electron chi connectivity index (χ4n) is 3.26. The lowest BCUT2D eigenvalue weighted by Gasteiger charge is -2.32. The first-order valence-corrected chi connectivity index (χ1v) is 9.02. The third-order valence-corrected chi connectivity index (χ3v) is 5.97. The lowest BCUT2D eigenvalue weighted by atomic mass is 9.80. The van der Waals surface area contributed by atoms with Gasteiger partial charge in [-0.3, -0.25) is 0 Å². The molecule has 2 rings (SSSR count). The van der Waals surface area contributed by atoms with E-state index in [0.29, 0.717) is 10.9 Å². The maximum atomic E-state index is 12.2. The molecular formula is C16H26N2O2S. The van der Waals surface area contributed by atoms with Gasteiger partial charge in [0.05, 0.1) is 4.90 Å². The van der Waals surface area contributed by atoms with Gasteiger partial charge in [-0.15, -0.1) is 0 Å². The van der Waals surface area contributed by atoms with Crippen LogP contribution in [-0.4, -0.2) is 32.9 Å². The van der Waals surface area contributed by atoms with Gasteiger partial charge in [0.1, 0.15) is 0 Å². The maximum Gasteiger partial charge on any atom is 0.242 e. The molecule has 2 unspecified atom stereocenters. The molecular weight excluding hydrogens is 284 g/mol. The van der Waals surface area contributed by atoms with Crippen molar-refractivity contribution in [3.05, 3.63) is 24.3 Å². The molecule has 0 saturated heterocycles. The summed E-state index contributed by atoms with van der Waals surface area (Å²) in [7, 11) is -0.257. The first kappa shape index (κ1) is 16.3. The summed E-state index contributed by atoms with van der Waals surface area (Å²) in [5.74, 6) is 1.44. The van der Waals surface area contributed by atoms with Crippen molar-refractivity contribution in [2.75, 3.05) is 19.4 Å². The third kappa shape index (κ3) is 3.98. The van der Waals surface area contributed by atoms with Crippen molar-refractivity contribution >= 4 is 15.7 Å². The van der Waals surface area contributed by atoms with Crippen LogP contribution in [0.2, 0.25) is 0 Å². The van der Waals surface area contributed by atoms with Crippen molar-refractivity contribution in [1.82, 2.24) is 4.31 Å². The summed E-state index contributed by atoms with van der Waals surface area (Å²) in [4.78, 5) is 0.342. The highest BCUT2D eigenvalue weighted by Crippen LogP contribution is 2.30. The van der Waals surface area contributed by atoms with E-state index in [1.54, 1.807) is 32.3 Å². The van der Waals surface area contributed by atoms with Crippen molar-refractivity contribution in [2.45, 2.75) is 44.0 Å². The Balaban J connectivity index is 2.15. The number of nitrogens with zero attached hydrogens (tertiary/aromatic N) is 1. The van der Waals surface area contributed by atoms with Gasteiger partial charge in [-0.25, -0.2) is 12.7 Å². The van der Waals surface area contributed by atoms with E-state index in [4.69, 9.17) is 0 Å². The normalized spacial score (nSPS) is 26.8. The summed E-state index contributed by atoms with van der Waals surface area (Å²) in [5, 5.41) is 3.51. The molecule has 5 heteroatoms. The van der Waals surface area contributed by atoms with Gasteiger partial charge in [0.2, 0.25) is 10.0 Å². The summed E-state index contributed by atoms with van der Waals surface area (Å²) in [6.07, 6.45) is 3.58. The monoisotopic (exact) mass is 310 g/mol. The van der Waals surface area contributed by atoms with Crippen LogP contribution < -0.4 is 5.32 Å². The predicted molar refractivity (Wildman–Crippen MR) is 86.9 cm³/mol. The minimum Gasteiger partial charge on any atom is -0.382 e. The van der Waals surface area contributed by atoms with Crippen LogP contribution in [0.25, 0.3) is 0 Å². The average Bonchev–Trinajstić information content (AvgIpc) is 2.37. The largest absolute Gasteiger partial charge is 0.382 e. The van der Waals surface area contributed by atoms with Gasteiger partial charge in [-0.05, 0) is 49.3 Å². The SMILES string of the molecule is CC1CC(C)CC(Nc2cccc(S(=O)(=O)N(C)C)c2)C1. The third-order valence-electron chi connectivity index (χ3n) is 4.16. The molecule has 2 atom stereocenters. The fourth-order valence-corrected chi connectivity index (χ4v) is 4.21. The molecule has 0 bridgehead atoms. The number of hydrogen-bond donors (Lipinski definition) is 1. The van der Waals surface area contributed by atoms with Crippen LogP contribution in [0.1, 0.15) is 33.1 Å². The Kier molecular flexibility index (Phi) is 4.94. The highest BCUT2D eigenvalue weighted by Gasteiger charge is 2.24. The Labute approximate surface area is 128 Å². The van der Waals surface area contributed by atoms with Crippen molar-refractivity contribution in [3.8, 4) is 0 Å². The Bertz CT molecular complexity index is 574. The summed E-state index contributed by atoms with van der Waals surface area (Å²) >= 11 is 0. The maximum absolute atomic E-state index is 12.2. The fraction of sp³-hybridized carbons (Fsp3) is 0.625. The molecule has 0 aliphatic heterocycles. The Morgan fingerprint density at radius 1 is 1.10 bits per heavy atom. The van der Waals surface area contributed by atoms with E-state index in [2.05, 4.69) is 19.2 Å². The van der Waals surface area contributed by atoms with Gasteiger partial charge in [-0.2, -0.15) is 0 Å². The predicted octanol–water partition coefficient (Wildman–Crippen LogP) is 3.17. The average molecular weight is 310 g/mol. The molecule has 1 aliphatic carbocycles. The molecule has 1 saturated carbocycles. The number of anilines is 1. The second-order valence-corrected chi connectivity index (χ2v) is 8.73. The smallest absolute Gasteiger partial charge is 0.242 e. The van der Waals surface area contributed by atoms with Crippen LogP contribution in [-0.2, 0) is 10.0 Å². The second kappa shape index (κ2) is 6.36. The highest BCUT2D eigenvalue weighted by atomic mass is 32.2. The second-order valence-electron chi connectivity index (χ2n) is 6.57. The number of rotatable bonds is 4. The van der Waals surface area contributed by atoms with Crippen LogP contribution >= 0.6 is 0 Å². The van der Waals surface area contributed by atoms with E-state index in [9.17, 15) is 8.42 Å². The van der Waals surface area contributed by atoms with Gasteiger partial charge >= 0.3 is 0 Å². The molecule has 1 fully saturated rings. The molecule has 4 nitrogen and oxygen atoms in total. The van der Waals surface area contributed by atoms with E-state index >= 15 is 0 Å². The van der Waals surface area contributed by atoms with Gasteiger partial charge in [-0.1, -0.05) is 19.9 Å². The number of nitrogens with one attached hydrogen (secondary N) is 1. The van der Waals surface area contributed by atoms with Gasteiger partial charge in [0.25, 0.3) is 0 Å². The number of benzene rings is 1. The van der Waals surface area contributed by atoms with Crippen LogP contribution in [0, 0.1) is 11.8 Å². The molecule has 0 spiro atoms. The minimum absolute atomic E-state index is 0.342. The zero-order valence-corrected chi connectivity index (χ0v) is 14.2. The standard InChI is InChI=1S/C16H26N2O2S/c1-12-8-13(2)10-15(9-12)17-14-6-5-7-16(11-14)21(19,20)18(3)4/h5-7,11-13,15,17H,8-10H2,1-4H3. The summed E-state index contributed by atoms with van der Waals surface area (Å²) < 4.78 is 25.6. The lowest BCUT2D eigenvalue weighted by Crippen LogP contribution is -2.30. The van der Waals surface area contributed by atoms with Crippen LogP contribution in [0.15, 0.2) is 29.2 Å². The molecule has 1 aromatic rings. The number of hydrogen-bond acceptors (Lipinski definition) is 3. The van der Waals surface area contributed by atoms with Crippen LogP contribution in [0.4, 0.5) is 5.69 Å². The molecule has 1 aliphatic rings. The zero-order valence-electron chi connectivity index (χ0n) is 13.3. The van der Waals surface area contributed by atoms with Crippen molar-refractivity contribution < 1.29 is 8.42 Å². The van der Waals surface area contributed by atoms with Gasteiger partial charge < -0.3 is 5.32 Å². The topological polar surface area (TPSA) is 49.4 Å². The van der Waals surface area contributed by atoms with E-state index in [1.807, 2.05) is 6.07 Å². The minimum atomic E-state index is -3.37. The Morgan fingerprint density at radius 3 is 2.29 bits per heavy atom. The van der Waals surface area contributed by atoms with Crippen molar-refractivity contribution in [3.63, 3.8) is 0 Å². The van der Waals surface area contributed by atoms with Crippen molar-refractivity contribution in [2.24, 2.45) is 11.8 Å². The van der Waals surface area contributed by atoms with Crippen LogP contribution in [0.3, 0.4) is 0 Å². The lowest BCUT2D eigenvalue weighted by molar-refractivity contribution is 0.281. The van der Waals surface area contributed by atoms with E-state index in [0.717, 1.165) is 30.4 Å². The molecule has 0 aromatic heterocycles. The Hall–Kier alpha value is -1.07. The van der Waals surface area contributed by atoms with E-state index in [1.165, 1.54) is 10.7 Å². The first-order chi connectivity index (χ1) is 9.79. The number of sulfonamides is 1. The molecule has 21 heavy (non-hydrogen) atoms. The highest BCUT2D eigenvalue weighted by molar-refractivity contribution is 7.89. The van der Waals surface area contributed by atoms with E-state index < -0.39 is 10.0 Å². The summed E-state index contributed by atoms with van der Waals surface area (Å²) in [6.45, 7) is 4.58. The quantitative estimate of drug-likeness (QED) is 0.929. The molecule has 1 N–H and O–H groups in total. The molecule has 0 amide bonds. The van der Waals surface area contributed by atoms with Gasteiger partial charge in [0.15, 0.2) is 0 Å². The van der Waals surface area contributed by atoms with Crippen molar-refractivity contribution in [1.29, 1.82) is 0 Å². The van der Waals surface area contributed by atoms with E-state index in [-0.39, 0.29) is 0 Å². The molecule has 1 aromatic carbocycles. The molecule has 0 heterocycles. The van der Waals surface area contributed by atoms with Crippen LogP contribution in [0.5, 0.6) is 0 Å². The van der Waals surface area contributed by atoms with Gasteiger partial charge in [0, 0.05) is 25.8 Å². The summed E-state index contributed by atoms with van der Waals surface area (Å²) in [6, 6.07) is 7.56. The molecule has 0 radical (unpaired) electrons. The first-order valence-electron chi connectivity index (χ1n) is 7.58. The molecule has 118 valence electrons. The zero-order chi connectivity index (χ0) is 15.6. The Morgan fingerprint density at radius 2 is 1.71 bits per heavy atom.